The van der Waals surface area contributed by atoms with E-state index < -0.39 is 60.3 Å². The molecule has 30 heavy (non-hydrogen) atoms. The predicted molar refractivity (Wildman–Crippen MR) is 91.7 cm³/mol. The van der Waals surface area contributed by atoms with Crippen LogP contribution >= 0.6 is 23.5 Å². The summed E-state index contributed by atoms with van der Waals surface area (Å²) < 4.78 is 56.0. The number of ether oxygens (including phenoxy) is 1. The van der Waals surface area contributed by atoms with Gasteiger partial charge in [-0.2, -0.15) is 13.6 Å². The number of phosphoric acid groups is 3. The monoisotopic (exact) mass is 498 g/mol. The van der Waals surface area contributed by atoms with Crippen molar-refractivity contribution in [2.75, 3.05) is 12.3 Å². The van der Waals surface area contributed by atoms with Gasteiger partial charge in [-0.1, -0.05) is 0 Å². The van der Waals surface area contributed by atoms with E-state index in [-0.39, 0.29) is 5.82 Å². The Labute approximate surface area is 166 Å². The van der Waals surface area contributed by atoms with E-state index in [1.165, 1.54) is 6.07 Å². The Bertz CT molecular complexity index is 964. The summed E-state index contributed by atoms with van der Waals surface area (Å²) in [7, 11) is -16.4. The van der Waals surface area contributed by atoms with Gasteiger partial charge < -0.3 is 35.4 Å². The van der Waals surface area contributed by atoms with Crippen molar-refractivity contribution >= 4 is 29.3 Å². The minimum absolute atomic E-state index is 0.117. The van der Waals surface area contributed by atoms with E-state index in [1.54, 1.807) is 0 Å². The lowest BCUT2D eigenvalue weighted by Crippen LogP contribution is -2.36. The van der Waals surface area contributed by atoms with Crippen LogP contribution in [-0.2, 0) is 36.2 Å². The molecule has 0 amide bonds. The predicted octanol–water partition coefficient (Wildman–Crippen LogP) is -2.31. The lowest BCUT2D eigenvalue weighted by molar-refractivity contribution is -0.0551. The Balaban J connectivity index is 2.10. The molecule has 9 N–H and O–H groups in total. The molecule has 1 aliphatic heterocycles. The first kappa shape index (κ1) is 25.2. The van der Waals surface area contributed by atoms with Crippen molar-refractivity contribution in [1.29, 1.82) is 0 Å². The number of aromatic nitrogens is 2. The molecular weight excluding hydrogens is 481 g/mol. The fourth-order valence-corrected chi connectivity index (χ4v) is 5.44. The molecule has 1 aromatic rings. The van der Waals surface area contributed by atoms with Gasteiger partial charge in [-0.3, -0.25) is 9.09 Å². The zero-order valence-electron chi connectivity index (χ0n) is 14.5. The number of nitrogen functional groups attached to an aromatic ring is 1. The molecule has 1 saturated heterocycles. The van der Waals surface area contributed by atoms with Crippen LogP contribution in [0.3, 0.4) is 0 Å². The lowest BCUT2D eigenvalue weighted by atomic mass is 10.1. The third kappa shape index (κ3) is 6.46. The van der Waals surface area contributed by atoms with Crippen molar-refractivity contribution in [1.82, 2.24) is 9.55 Å². The van der Waals surface area contributed by atoms with Crippen molar-refractivity contribution in [3.05, 3.63) is 22.7 Å². The van der Waals surface area contributed by atoms with E-state index >= 15 is 0 Å². The molecule has 18 nitrogen and oxygen atoms in total. The number of aliphatic hydroxyl groups excluding tert-OH is 2. The molecule has 0 bridgehead atoms. The molecule has 0 saturated carbocycles. The molecule has 4 unspecified atom stereocenters. The summed E-state index contributed by atoms with van der Waals surface area (Å²) in [5.41, 5.74) is 4.42. The van der Waals surface area contributed by atoms with Gasteiger partial charge in [0.1, 0.15) is 24.1 Å². The average molecular weight is 498 g/mol. The van der Waals surface area contributed by atoms with Crippen molar-refractivity contribution < 1.29 is 61.1 Å². The molecule has 0 aliphatic carbocycles. The summed E-state index contributed by atoms with van der Waals surface area (Å²) in [6, 6.07) is 1.21. The normalized spacial score (nSPS) is 28.7. The van der Waals surface area contributed by atoms with Crippen molar-refractivity contribution in [2.45, 2.75) is 24.5 Å². The second kappa shape index (κ2) is 9.20. The Morgan fingerprint density at radius 2 is 1.80 bits per heavy atom. The quantitative estimate of drug-likeness (QED) is 0.139. The Kier molecular flexibility index (Phi) is 7.72. The van der Waals surface area contributed by atoms with Gasteiger partial charge in [-0.05, 0) is 6.07 Å². The molecular formula is C9H17N4O14P3. The molecule has 172 valence electrons. The molecule has 0 aromatic carbocycles. The summed E-state index contributed by atoms with van der Waals surface area (Å²) in [5, 5.41) is 20.1. The van der Waals surface area contributed by atoms with E-state index in [1.807, 2.05) is 0 Å². The van der Waals surface area contributed by atoms with Crippen LogP contribution in [0.25, 0.3) is 0 Å². The van der Waals surface area contributed by atoms with Crippen LogP contribution in [0.4, 0.5) is 5.82 Å². The van der Waals surface area contributed by atoms with Crippen LogP contribution in [0, 0.1) is 0 Å². The van der Waals surface area contributed by atoms with E-state index in [0.717, 1.165) is 10.8 Å². The van der Waals surface area contributed by atoms with E-state index in [9.17, 15) is 33.6 Å². The number of rotatable bonds is 9. The van der Waals surface area contributed by atoms with E-state index in [2.05, 4.69) is 28.7 Å². The fourth-order valence-electron chi connectivity index (χ4n) is 2.23. The molecule has 1 aliphatic rings. The summed E-state index contributed by atoms with van der Waals surface area (Å²) in [5.74, 6) is 4.55. The highest BCUT2D eigenvalue weighted by molar-refractivity contribution is 7.66. The lowest BCUT2D eigenvalue weighted by Gasteiger charge is -2.20. The Hall–Kier alpha value is -1.07. The number of nitrogens with two attached hydrogens (primary N) is 2. The largest absolute Gasteiger partial charge is 0.500 e. The molecule has 0 radical (unpaired) electrons. The standard InChI is InChI=1S/C9H17N4O14P3/c10-5-1-2-13(9(16)12-5)8-7(15)6(14)4(24-8)3-23-30(22,25-11)27-29(20,21)26-28(17,18)19/h1-2,4,6-8,14-15H,3,11H2,(H,20,21)(H2,10,12,16)(H2,17,18,19)/t4-,6?,7?,8-,30?/m1/s1. The Morgan fingerprint density at radius 1 is 1.17 bits per heavy atom. The van der Waals surface area contributed by atoms with Gasteiger partial charge >= 0.3 is 29.2 Å². The SMILES string of the molecule is NOP(=O)(OC[C@H]1O[C@@H](n2ccc(N)nc2=O)C(O)C1O)OP(=O)(O)OP(=O)(O)O. The van der Waals surface area contributed by atoms with Crippen LogP contribution in [0.2, 0.25) is 0 Å². The summed E-state index contributed by atoms with van der Waals surface area (Å²) in [6.45, 7) is -0.962. The third-order valence-corrected chi connectivity index (χ3v) is 7.43. The minimum atomic E-state index is -5.69. The topological polar surface area (TPSA) is 285 Å². The molecule has 0 spiro atoms. The summed E-state index contributed by atoms with van der Waals surface area (Å²) in [6.07, 6.45) is -5.31. The first-order valence-electron chi connectivity index (χ1n) is 7.47. The van der Waals surface area contributed by atoms with E-state index in [0.29, 0.717) is 0 Å². The molecule has 1 fully saturated rings. The molecule has 1 aromatic heterocycles. The smallest absolute Gasteiger partial charge is 0.387 e. The van der Waals surface area contributed by atoms with Crippen LogP contribution < -0.4 is 17.3 Å². The van der Waals surface area contributed by atoms with Crippen molar-refractivity contribution in [3.63, 3.8) is 0 Å². The van der Waals surface area contributed by atoms with Crippen LogP contribution in [0.15, 0.2) is 17.1 Å². The van der Waals surface area contributed by atoms with Gasteiger partial charge in [-0.15, -0.1) is 0 Å². The molecule has 2 rings (SSSR count). The number of hydrogen-bond donors (Lipinski definition) is 7. The second-order valence-corrected chi connectivity index (χ2v) is 10.1. The summed E-state index contributed by atoms with van der Waals surface area (Å²) >= 11 is 0. The highest BCUT2D eigenvalue weighted by Gasteiger charge is 2.47. The highest BCUT2D eigenvalue weighted by Crippen LogP contribution is 2.67. The van der Waals surface area contributed by atoms with Crippen LogP contribution in [-0.4, -0.2) is 59.4 Å². The maximum atomic E-state index is 12.1. The number of nitrogens with zero attached hydrogens (tertiary/aromatic N) is 2. The van der Waals surface area contributed by atoms with Crippen molar-refractivity contribution in [3.8, 4) is 0 Å². The Morgan fingerprint density at radius 3 is 2.33 bits per heavy atom. The number of anilines is 1. The zero-order chi connectivity index (χ0) is 22.9. The van der Waals surface area contributed by atoms with Gasteiger partial charge in [0.15, 0.2) is 6.23 Å². The molecule has 2 heterocycles. The minimum Gasteiger partial charge on any atom is -0.387 e. The highest BCUT2D eigenvalue weighted by atomic mass is 31.3. The summed E-state index contributed by atoms with van der Waals surface area (Å²) in [4.78, 5) is 41.5. The van der Waals surface area contributed by atoms with Gasteiger partial charge in [0, 0.05) is 6.20 Å². The van der Waals surface area contributed by atoms with Gasteiger partial charge in [0.05, 0.1) is 6.61 Å². The van der Waals surface area contributed by atoms with Gasteiger partial charge in [0.25, 0.3) is 0 Å². The first-order chi connectivity index (χ1) is 13.7. The zero-order valence-corrected chi connectivity index (χ0v) is 17.2. The first-order valence-corrected chi connectivity index (χ1v) is 12.0. The van der Waals surface area contributed by atoms with E-state index in [4.69, 9.17) is 20.3 Å². The van der Waals surface area contributed by atoms with Gasteiger partial charge in [0.2, 0.25) is 0 Å². The molecule has 21 heteroatoms. The fraction of sp³-hybridized carbons (Fsp3) is 0.556. The molecule has 6 atom stereocenters. The average Bonchev–Trinajstić information content (AvgIpc) is 2.86. The van der Waals surface area contributed by atoms with Gasteiger partial charge in [-0.25, -0.2) is 29.0 Å². The maximum absolute atomic E-state index is 12.1. The third-order valence-electron chi connectivity index (χ3n) is 3.40. The maximum Gasteiger partial charge on any atom is 0.500 e. The number of aliphatic hydroxyl groups is 2. The van der Waals surface area contributed by atoms with Crippen LogP contribution in [0.5, 0.6) is 0 Å². The van der Waals surface area contributed by atoms with Crippen molar-refractivity contribution in [2.24, 2.45) is 5.90 Å². The number of hydrogen-bond acceptors (Lipinski definition) is 14. The van der Waals surface area contributed by atoms with Crippen LogP contribution in [0.1, 0.15) is 6.23 Å². The second-order valence-electron chi connectivity index (χ2n) is 5.56.